The van der Waals surface area contributed by atoms with Crippen molar-refractivity contribution in [2.75, 3.05) is 26.7 Å². The van der Waals surface area contributed by atoms with E-state index >= 15 is 0 Å². The third kappa shape index (κ3) is 6.45. The summed E-state index contributed by atoms with van der Waals surface area (Å²) in [5, 5.41) is 8.50. The minimum absolute atomic E-state index is 0.0440. The van der Waals surface area contributed by atoms with Gasteiger partial charge in [0.25, 0.3) is 5.91 Å². The Morgan fingerprint density at radius 2 is 1.67 bits per heavy atom. The van der Waals surface area contributed by atoms with Gasteiger partial charge in [0.1, 0.15) is 17.9 Å². The van der Waals surface area contributed by atoms with Crippen LogP contribution in [0.5, 0.6) is 5.75 Å². The number of hydrogen-bond acceptors (Lipinski definition) is 5. The van der Waals surface area contributed by atoms with Crippen LogP contribution in [0.3, 0.4) is 0 Å². The van der Waals surface area contributed by atoms with Gasteiger partial charge in [-0.05, 0) is 55.5 Å². The van der Waals surface area contributed by atoms with E-state index in [2.05, 4.69) is 22.4 Å². The molecule has 202 valence electrons. The highest BCUT2D eigenvalue weighted by molar-refractivity contribution is 5.96. The van der Waals surface area contributed by atoms with Gasteiger partial charge in [0, 0.05) is 26.6 Å². The van der Waals surface area contributed by atoms with Crippen molar-refractivity contribution in [3.63, 3.8) is 0 Å². The molecule has 1 atom stereocenters. The first-order valence-electron chi connectivity index (χ1n) is 13.7. The zero-order valence-corrected chi connectivity index (χ0v) is 22.4. The Morgan fingerprint density at radius 1 is 0.923 bits per heavy atom. The van der Waals surface area contributed by atoms with E-state index in [0.29, 0.717) is 50.4 Å². The molecule has 39 heavy (non-hydrogen) atoms. The number of nitrogens with zero attached hydrogens (tertiary/aromatic N) is 5. The Balaban J connectivity index is 1.40. The average Bonchev–Trinajstić information content (AvgIpc) is 3.39. The number of fused-ring (bicyclic) bond motifs is 2. The summed E-state index contributed by atoms with van der Waals surface area (Å²) in [5.41, 5.74) is 3.43. The summed E-state index contributed by atoms with van der Waals surface area (Å²) in [7, 11) is 1.83. The van der Waals surface area contributed by atoms with Crippen LogP contribution >= 0.6 is 0 Å². The van der Waals surface area contributed by atoms with Gasteiger partial charge in [-0.25, -0.2) is 4.68 Å². The molecule has 0 fully saturated rings. The monoisotopic (exact) mass is 525 g/mol. The topological polar surface area (TPSA) is 80.6 Å². The van der Waals surface area contributed by atoms with Crippen molar-refractivity contribution in [2.45, 2.75) is 44.7 Å². The zero-order valence-electron chi connectivity index (χ0n) is 22.4. The maximum Gasteiger partial charge on any atom is 0.257 e. The fraction of sp³-hybridized carbons (Fsp3) is 0.355. The van der Waals surface area contributed by atoms with Gasteiger partial charge in [0.05, 0.1) is 23.7 Å². The minimum Gasteiger partial charge on any atom is -0.491 e. The molecule has 4 aromatic rings. The molecule has 5 rings (SSSR count). The summed E-state index contributed by atoms with van der Waals surface area (Å²) in [4.78, 5) is 30.7. The van der Waals surface area contributed by atoms with Crippen molar-refractivity contribution in [2.24, 2.45) is 0 Å². The van der Waals surface area contributed by atoms with Crippen LogP contribution in [0.15, 0.2) is 78.9 Å². The molecule has 0 unspecified atom stereocenters. The summed E-state index contributed by atoms with van der Waals surface area (Å²) in [5.74, 6) is 0.570. The second-order valence-electron chi connectivity index (χ2n) is 10.1. The minimum atomic E-state index is -0.186. The van der Waals surface area contributed by atoms with Crippen molar-refractivity contribution in [1.82, 2.24) is 24.8 Å². The van der Waals surface area contributed by atoms with Gasteiger partial charge in [-0.1, -0.05) is 59.8 Å². The van der Waals surface area contributed by atoms with Crippen LogP contribution in [0.4, 0.5) is 0 Å². The van der Waals surface area contributed by atoms with Crippen LogP contribution in [0, 0.1) is 0 Å². The fourth-order valence-corrected chi connectivity index (χ4v) is 5.15. The first kappa shape index (κ1) is 26.4. The Kier molecular flexibility index (Phi) is 8.51. The zero-order chi connectivity index (χ0) is 27.0. The number of benzene rings is 3. The lowest BCUT2D eigenvalue weighted by molar-refractivity contribution is -0.134. The Bertz CT molecular complexity index is 1400. The Morgan fingerprint density at radius 3 is 2.54 bits per heavy atom. The second-order valence-corrected chi connectivity index (χ2v) is 10.1. The number of carbonyl (C=O) groups is 2. The number of hydrogen-bond donors (Lipinski definition) is 0. The third-order valence-corrected chi connectivity index (χ3v) is 7.32. The smallest absolute Gasteiger partial charge is 0.257 e. The maximum absolute atomic E-state index is 13.8. The molecule has 0 saturated carbocycles. The lowest BCUT2D eigenvalue weighted by Gasteiger charge is -2.32. The largest absolute Gasteiger partial charge is 0.491 e. The molecule has 3 aromatic carbocycles. The molecule has 0 saturated heterocycles. The van der Waals surface area contributed by atoms with Crippen molar-refractivity contribution in [3.05, 3.63) is 90.0 Å². The van der Waals surface area contributed by atoms with Crippen LogP contribution in [0.2, 0.25) is 0 Å². The van der Waals surface area contributed by atoms with Gasteiger partial charge >= 0.3 is 0 Å². The van der Waals surface area contributed by atoms with Crippen LogP contribution in [0.25, 0.3) is 11.0 Å². The lowest BCUT2D eigenvalue weighted by Crippen LogP contribution is -2.46. The second kappa shape index (κ2) is 12.6. The molecule has 2 amide bonds. The van der Waals surface area contributed by atoms with E-state index in [4.69, 9.17) is 4.74 Å². The van der Waals surface area contributed by atoms with E-state index < -0.39 is 0 Å². The van der Waals surface area contributed by atoms with Crippen LogP contribution < -0.4 is 4.74 Å². The fourth-order valence-electron chi connectivity index (χ4n) is 5.15. The molecule has 0 radical (unpaired) electrons. The Hall–Kier alpha value is -4.20. The Labute approximate surface area is 229 Å². The molecular formula is C31H35N5O3. The van der Waals surface area contributed by atoms with Crippen molar-refractivity contribution >= 4 is 22.8 Å². The number of carbonyl (C=O) groups excluding carboxylic acids is 2. The van der Waals surface area contributed by atoms with Crippen molar-refractivity contribution in [1.29, 1.82) is 0 Å². The van der Waals surface area contributed by atoms with E-state index in [1.807, 2.05) is 78.7 Å². The van der Waals surface area contributed by atoms with E-state index in [9.17, 15) is 9.59 Å². The van der Waals surface area contributed by atoms with Crippen LogP contribution in [-0.2, 0) is 17.8 Å². The predicted molar refractivity (Wildman–Crippen MR) is 151 cm³/mol. The summed E-state index contributed by atoms with van der Waals surface area (Å²) in [6.45, 7) is 2.04. The molecule has 2 heterocycles. The molecule has 0 aliphatic carbocycles. The van der Waals surface area contributed by atoms with Gasteiger partial charge < -0.3 is 14.5 Å². The number of ether oxygens (including phenoxy) is 1. The SMILES string of the molecule is CN1CCCCCN(C(=O)CCn2nnc3ccccc32)[C@@H](Cc2ccccc2)COc2ccccc2C1=O. The van der Waals surface area contributed by atoms with Crippen LogP contribution in [-0.4, -0.2) is 69.4 Å². The quantitative estimate of drug-likeness (QED) is 0.381. The number of amides is 2. The van der Waals surface area contributed by atoms with Gasteiger partial charge in [0.15, 0.2) is 0 Å². The standard InChI is InChI=1S/C31H35N5O3/c1-34-19-10-3-11-20-35(30(37)18-21-36-28-16-8-7-15-27(28)32-33-36)25(22-24-12-4-2-5-13-24)23-39-29-17-9-6-14-26(29)31(34)38/h2,4-9,12-17,25H,3,10-11,18-23H2,1H3/t25-/m0/s1. The molecule has 0 bridgehead atoms. The van der Waals surface area contributed by atoms with Gasteiger partial charge in [0.2, 0.25) is 5.91 Å². The van der Waals surface area contributed by atoms with E-state index in [0.717, 1.165) is 35.9 Å². The summed E-state index contributed by atoms with van der Waals surface area (Å²) < 4.78 is 8.12. The number of aryl methyl sites for hydroxylation is 1. The molecule has 8 heteroatoms. The third-order valence-electron chi connectivity index (χ3n) is 7.32. The van der Waals surface area contributed by atoms with E-state index in [1.54, 1.807) is 9.58 Å². The molecule has 1 aliphatic rings. The normalized spacial score (nSPS) is 17.1. The molecule has 1 aromatic heterocycles. The van der Waals surface area contributed by atoms with Gasteiger partial charge in [-0.3, -0.25) is 9.59 Å². The molecule has 1 aliphatic heterocycles. The molecule has 8 nitrogen and oxygen atoms in total. The van der Waals surface area contributed by atoms with Crippen LogP contribution in [0.1, 0.15) is 41.6 Å². The lowest BCUT2D eigenvalue weighted by atomic mass is 10.0. The first-order valence-corrected chi connectivity index (χ1v) is 13.7. The molecule has 0 N–H and O–H groups in total. The number of rotatable bonds is 5. The summed E-state index contributed by atoms with van der Waals surface area (Å²) in [6, 6.07) is 25.2. The molecule has 0 spiro atoms. The van der Waals surface area contributed by atoms with Crippen molar-refractivity contribution in [3.8, 4) is 5.75 Å². The first-order chi connectivity index (χ1) is 19.1. The van der Waals surface area contributed by atoms with Gasteiger partial charge in [-0.2, -0.15) is 0 Å². The highest BCUT2D eigenvalue weighted by atomic mass is 16.5. The highest BCUT2D eigenvalue weighted by Crippen LogP contribution is 2.23. The summed E-state index contributed by atoms with van der Waals surface area (Å²) >= 11 is 0. The van der Waals surface area contributed by atoms with Gasteiger partial charge in [-0.15, -0.1) is 5.10 Å². The highest BCUT2D eigenvalue weighted by Gasteiger charge is 2.26. The van der Waals surface area contributed by atoms with E-state index in [1.165, 1.54) is 0 Å². The average molecular weight is 526 g/mol. The predicted octanol–water partition coefficient (Wildman–Crippen LogP) is 4.60. The number of aromatic nitrogens is 3. The van der Waals surface area contributed by atoms with E-state index in [-0.39, 0.29) is 17.9 Å². The summed E-state index contributed by atoms with van der Waals surface area (Å²) in [6.07, 6.45) is 3.64. The number of para-hydroxylation sites is 2. The molecular weight excluding hydrogens is 490 g/mol. The maximum atomic E-state index is 13.8. The van der Waals surface area contributed by atoms with Crippen molar-refractivity contribution < 1.29 is 14.3 Å².